The summed E-state index contributed by atoms with van der Waals surface area (Å²) in [5, 5.41) is 57.1. The maximum absolute atomic E-state index is 11.8. The molecule has 0 bridgehead atoms. The van der Waals surface area contributed by atoms with E-state index in [1.165, 1.54) is 11.0 Å². The van der Waals surface area contributed by atoms with Crippen LogP contribution in [0.15, 0.2) is 64.1 Å². The molecule has 9 heteroatoms. The Balaban J connectivity index is 1.53. The Hall–Kier alpha value is -2.59. The quantitative estimate of drug-likeness (QED) is 0.153. The number of allylic oxidation sites excluding steroid dienone is 2. The van der Waals surface area contributed by atoms with Crippen LogP contribution < -0.4 is 5.32 Å². The number of carboxylic acids is 1. The molecule has 6 N–H and O–H groups in total. The van der Waals surface area contributed by atoms with Gasteiger partial charge in [-0.15, -0.1) is 11.3 Å². The predicted molar refractivity (Wildman–Crippen MR) is 162 cm³/mol. The third-order valence-electron chi connectivity index (χ3n) is 8.48. The van der Waals surface area contributed by atoms with E-state index in [0.717, 1.165) is 19.3 Å². The lowest BCUT2D eigenvalue weighted by Crippen LogP contribution is -2.50. The molecule has 0 amide bonds. The highest BCUT2D eigenvalue weighted by Gasteiger charge is 2.40. The second kappa shape index (κ2) is 14.5. The second-order valence-electron chi connectivity index (χ2n) is 12.1. The standard InChI is InChI=1S/C32H47NO7S/c1-19-24(30(31(38)39)27(37)14-13-25(19)35)10-6-8-22(34)18-29-32(4,5)16-15-28(40-29)21(3)33-20(2)26(36)12-11-23-9-7-17-41-23/h7,9,13,17,21-22,26,28-29,33-37H,2,6,8,10-12,14-16,18H2,1,3-5H3,(H,38,39)/t21-,22+,26?,28-,29+/m0/s1. The zero-order valence-electron chi connectivity index (χ0n) is 24.7. The molecule has 1 aromatic rings. The van der Waals surface area contributed by atoms with Gasteiger partial charge in [0, 0.05) is 29.5 Å². The summed E-state index contributed by atoms with van der Waals surface area (Å²) in [7, 11) is 0. The van der Waals surface area contributed by atoms with Crippen LogP contribution in [0.4, 0.5) is 0 Å². The van der Waals surface area contributed by atoms with Crippen molar-refractivity contribution in [3.05, 3.63) is 69.0 Å². The van der Waals surface area contributed by atoms with E-state index < -0.39 is 18.2 Å². The van der Waals surface area contributed by atoms with Crippen LogP contribution in [0.5, 0.6) is 0 Å². The van der Waals surface area contributed by atoms with Crippen molar-refractivity contribution in [1.82, 2.24) is 5.32 Å². The molecule has 1 aliphatic carbocycles. The fourth-order valence-electron chi connectivity index (χ4n) is 5.68. The zero-order valence-corrected chi connectivity index (χ0v) is 25.5. The molecular formula is C32H47NO7S. The molecule has 0 aromatic carbocycles. The van der Waals surface area contributed by atoms with Gasteiger partial charge >= 0.3 is 5.97 Å². The topological polar surface area (TPSA) is 139 Å². The van der Waals surface area contributed by atoms with Gasteiger partial charge in [-0.2, -0.15) is 0 Å². The van der Waals surface area contributed by atoms with E-state index in [4.69, 9.17) is 4.74 Å². The Morgan fingerprint density at radius 2 is 1.98 bits per heavy atom. The van der Waals surface area contributed by atoms with Crippen LogP contribution in [-0.2, 0) is 16.0 Å². The Bertz CT molecular complexity index is 1150. The van der Waals surface area contributed by atoms with Crippen LogP contribution in [0.25, 0.3) is 0 Å². The van der Waals surface area contributed by atoms with Gasteiger partial charge in [-0.3, -0.25) is 0 Å². The normalized spacial score (nSPS) is 23.4. The molecule has 5 atom stereocenters. The first-order valence-electron chi connectivity index (χ1n) is 14.5. The minimum absolute atomic E-state index is 0.0350. The van der Waals surface area contributed by atoms with Crippen LogP contribution >= 0.6 is 11.3 Å². The van der Waals surface area contributed by atoms with Crippen molar-refractivity contribution in [1.29, 1.82) is 0 Å². The van der Waals surface area contributed by atoms with Gasteiger partial charge in [-0.25, -0.2) is 4.79 Å². The number of thiophene rings is 1. The van der Waals surface area contributed by atoms with Gasteiger partial charge in [-0.1, -0.05) is 26.5 Å². The lowest BCUT2D eigenvalue weighted by Gasteiger charge is -2.45. The average Bonchev–Trinajstić information content (AvgIpc) is 3.40. The summed E-state index contributed by atoms with van der Waals surface area (Å²) in [5.74, 6) is -1.54. The Morgan fingerprint density at radius 1 is 1.24 bits per heavy atom. The molecule has 1 saturated heterocycles. The summed E-state index contributed by atoms with van der Waals surface area (Å²) in [5.41, 5.74) is 1.11. The van der Waals surface area contributed by atoms with E-state index >= 15 is 0 Å². The molecule has 1 aromatic heterocycles. The summed E-state index contributed by atoms with van der Waals surface area (Å²) in [6, 6.07) is 4.01. The minimum atomic E-state index is -1.23. The molecule has 1 unspecified atom stereocenters. The minimum Gasteiger partial charge on any atom is -0.511 e. The largest absolute Gasteiger partial charge is 0.511 e. The number of aliphatic hydroxyl groups excluding tert-OH is 4. The molecule has 228 valence electrons. The van der Waals surface area contributed by atoms with E-state index in [0.29, 0.717) is 48.9 Å². The summed E-state index contributed by atoms with van der Waals surface area (Å²) in [4.78, 5) is 13.1. The third-order valence-corrected chi connectivity index (χ3v) is 9.42. The van der Waals surface area contributed by atoms with Crippen molar-refractivity contribution in [3.63, 3.8) is 0 Å². The van der Waals surface area contributed by atoms with Gasteiger partial charge in [0.2, 0.25) is 0 Å². The van der Waals surface area contributed by atoms with Crippen molar-refractivity contribution >= 4 is 17.3 Å². The zero-order chi connectivity index (χ0) is 30.3. The smallest absolute Gasteiger partial charge is 0.339 e. The highest BCUT2D eigenvalue weighted by atomic mass is 32.1. The van der Waals surface area contributed by atoms with Gasteiger partial charge in [0.15, 0.2) is 0 Å². The molecule has 8 nitrogen and oxygen atoms in total. The summed E-state index contributed by atoms with van der Waals surface area (Å²) < 4.78 is 6.53. The van der Waals surface area contributed by atoms with Crippen LogP contribution in [0.1, 0.15) is 83.9 Å². The van der Waals surface area contributed by atoms with E-state index in [1.54, 1.807) is 18.3 Å². The first-order chi connectivity index (χ1) is 19.3. The number of hydrogen-bond acceptors (Lipinski definition) is 8. The van der Waals surface area contributed by atoms with Gasteiger partial charge in [0.1, 0.15) is 17.1 Å². The monoisotopic (exact) mass is 589 g/mol. The van der Waals surface area contributed by atoms with E-state index in [-0.39, 0.29) is 47.2 Å². The second-order valence-corrected chi connectivity index (χ2v) is 13.1. The third kappa shape index (κ3) is 8.95. The number of aryl methyl sites for hydroxylation is 1. The molecule has 3 rings (SSSR count). The van der Waals surface area contributed by atoms with E-state index in [9.17, 15) is 30.3 Å². The number of aliphatic carboxylic acids is 1. The molecule has 1 aliphatic heterocycles. The van der Waals surface area contributed by atoms with Gasteiger partial charge < -0.3 is 35.6 Å². The van der Waals surface area contributed by atoms with Gasteiger partial charge in [-0.05, 0) is 92.9 Å². The van der Waals surface area contributed by atoms with E-state index in [2.05, 4.69) is 31.8 Å². The number of rotatable bonds is 14. The maximum Gasteiger partial charge on any atom is 0.339 e. The number of aliphatic hydroxyl groups is 4. The van der Waals surface area contributed by atoms with Crippen LogP contribution in [-0.4, -0.2) is 62.0 Å². The van der Waals surface area contributed by atoms with Crippen LogP contribution in [0.2, 0.25) is 0 Å². The molecule has 0 saturated carbocycles. The Morgan fingerprint density at radius 3 is 2.63 bits per heavy atom. The highest BCUT2D eigenvalue weighted by Crippen LogP contribution is 2.40. The number of carboxylic acid groups (broad SMARTS) is 1. The maximum atomic E-state index is 11.8. The SMILES string of the molecule is C=C(N[C@@H](C)[C@@H]1CCC(C)(C)[C@@H](C[C@H](O)CCCC2=C(C)C(O)=CCC(O)=C2C(=O)O)O1)C(O)CCc1cccs1. The van der Waals surface area contributed by atoms with E-state index in [1.807, 2.05) is 18.4 Å². The first kappa shape index (κ1) is 32.9. The van der Waals surface area contributed by atoms with Crippen molar-refractivity contribution in [3.8, 4) is 0 Å². The molecule has 1 fully saturated rings. The van der Waals surface area contributed by atoms with Gasteiger partial charge in [0.05, 0.1) is 24.4 Å². The molecular weight excluding hydrogens is 542 g/mol. The molecule has 2 heterocycles. The van der Waals surface area contributed by atoms with Crippen molar-refractivity contribution < 1.29 is 35.1 Å². The van der Waals surface area contributed by atoms with Crippen molar-refractivity contribution in [2.75, 3.05) is 0 Å². The molecule has 41 heavy (non-hydrogen) atoms. The fourth-order valence-corrected chi connectivity index (χ4v) is 6.40. The highest BCUT2D eigenvalue weighted by molar-refractivity contribution is 7.09. The Labute approximate surface area is 247 Å². The lowest BCUT2D eigenvalue weighted by molar-refractivity contribution is -0.139. The molecule has 0 spiro atoms. The number of carbonyl (C=O) groups is 1. The summed E-state index contributed by atoms with van der Waals surface area (Å²) in [6.07, 6.45) is 4.63. The van der Waals surface area contributed by atoms with Crippen molar-refractivity contribution in [2.45, 2.75) is 116 Å². The first-order valence-corrected chi connectivity index (χ1v) is 15.4. The number of nitrogens with one attached hydrogen (secondary N) is 1. The summed E-state index contributed by atoms with van der Waals surface area (Å²) in [6.45, 7) is 12.0. The predicted octanol–water partition coefficient (Wildman–Crippen LogP) is 6.09. The fraction of sp³-hybridized carbons (Fsp3) is 0.594. The van der Waals surface area contributed by atoms with Gasteiger partial charge in [0.25, 0.3) is 0 Å². The van der Waals surface area contributed by atoms with Crippen molar-refractivity contribution in [2.24, 2.45) is 5.41 Å². The summed E-state index contributed by atoms with van der Waals surface area (Å²) >= 11 is 1.68. The van der Waals surface area contributed by atoms with Crippen LogP contribution in [0, 0.1) is 5.41 Å². The molecule has 0 radical (unpaired) electrons. The number of ether oxygens (including phenoxy) is 1. The Kier molecular flexibility index (Phi) is 11.7. The average molecular weight is 590 g/mol. The number of hydrogen-bond donors (Lipinski definition) is 6. The molecule has 2 aliphatic rings. The lowest BCUT2D eigenvalue weighted by atomic mass is 9.75. The van der Waals surface area contributed by atoms with Crippen LogP contribution in [0.3, 0.4) is 0 Å².